The van der Waals surface area contributed by atoms with Gasteiger partial charge in [0, 0.05) is 11.8 Å². The molecule has 3 rings (SSSR count). The van der Waals surface area contributed by atoms with Crippen molar-refractivity contribution in [1.29, 1.82) is 0 Å². The largest absolute Gasteiger partial charge is 0.497 e. The zero-order chi connectivity index (χ0) is 19.2. The topological polar surface area (TPSA) is 110 Å². The monoisotopic (exact) mass is 364 g/mol. The van der Waals surface area contributed by atoms with Gasteiger partial charge in [-0.2, -0.15) is 5.10 Å². The molecule has 0 spiro atoms. The van der Waals surface area contributed by atoms with E-state index in [1.165, 1.54) is 6.07 Å². The molecule has 0 atom stereocenters. The molecule has 138 valence electrons. The van der Waals surface area contributed by atoms with Crippen molar-refractivity contribution in [2.75, 3.05) is 12.4 Å². The molecule has 1 heterocycles. The minimum absolute atomic E-state index is 0.170. The lowest BCUT2D eigenvalue weighted by molar-refractivity contribution is 0.0977. The van der Waals surface area contributed by atoms with Crippen molar-refractivity contribution in [1.82, 2.24) is 10.2 Å². The first-order chi connectivity index (χ1) is 13.1. The average Bonchev–Trinajstić information content (AvgIpc) is 3.13. The zero-order valence-corrected chi connectivity index (χ0v) is 14.9. The Hall–Kier alpha value is -3.61. The van der Waals surface area contributed by atoms with Gasteiger partial charge in [-0.15, -0.1) is 0 Å². The van der Waals surface area contributed by atoms with Crippen LogP contribution in [0.5, 0.6) is 5.75 Å². The van der Waals surface area contributed by atoms with E-state index in [9.17, 15) is 9.59 Å². The van der Waals surface area contributed by atoms with Gasteiger partial charge >= 0.3 is 0 Å². The smallest absolute Gasteiger partial charge is 0.257 e. The number of aromatic amines is 1. The third kappa shape index (κ3) is 4.52. The Morgan fingerprint density at radius 2 is 1.85 bits per heavy atom. The second-order valence-electron chi connectivity index (χ2n) is 5.99. The van der Waals surface area contributed by atoms with Crippen LogP contribution in [0.15, 0.2) is 54.6 Å². The molecule has 0 radical (unpaired) electrons. The summed E-state index contributed by atoms with van der Waals surface area (Å²) in [5, 5.41) is 9.70. The molecule has 4 N–H and O–H groups in total. The number of aryl methyl sites for hydroxylation is 2. The van der Waals surface area contributed by atoms with Crippen molar-refractivity contribution in [3.63, 3.8) is 0 Å². The number of benzene rings is 2. The van der Waals surface area contributed by atoms with Crippen molar-refractivity contribution >= 4 is 17.6 Å². The predicted octanol–water partition coefficient (Wildman–Crippen LogP) is 2.55. The minimum atomic E-state index is -0.651. The average molecular weight is 364 g/mol. The lowest BCUT2D eigenvalue weighted by atomic mass is 10.1. The molecular weight excluding hydrogens is 344 g/mol. The van der Waals surface area contributed by atoms with Gasteiger partial charge in [0.15, 0.2) is 5.82 Å². The van der Waals surface area contributed by atoms with E-state index in [1.807, 2.05) is 24.3 Å². The van der Waals surface area contributed by atoms with Gasteiger partial charge in [0.1, 0.15) is 5.75 Å². The quantitative estimate of drug-likeness (QED) is 0.598. The van der Waals surface area contributed by atoms with Crippen LogP contribution in [0.25, 0.3) is 0 Å². The van der Waals surface area contributed by atoms with Crippen molar-refractivity contribution in [3.8, 4) is 5.75 Å². The van der Waals surface area contributed by atoms with Crippen molar-refractivity contribution in [3.05, 3.63) is 77.0 Å². The highest BCUT2D eigenvalue weighted by atomic mass is 16.5. The van der Waals surface area contributed by atoms with E-state index < -0.39 is 11.8 Å². The summed E-state index contributed by atoms with van der Waals surface area (Å²) in [5.74, 6) is 0.120. The van der Waals surface area contributed by atoms with Crippen LogP contribution in [-0.2, 0) is 12.8 Å². The minimum Gasteiger partial charge on any atom is -0.497 e. The summed E-state index contributed by atoms with van der Waals surface area (Å²) in [5.41, 5.74) is 7.73. The van der Waals surface area contributed by atoms with Gasteiger partial charge in [0.25, 0.3) is 5.91 Å². The van der Waals surface area contributed by atoms with Gasteiger partial charge in [0.05, 0.1) is 18.2 Å². The summed E-state index contributed by atoms with van der Waals surface area (Å²) < 4.78 is 5.22. The molecule has 0 bridgehead atoms. The highest BCUT2D eigenvalue weighted by Gasteiger charge is 2.15. The van der Waals surface area contributed by atoms with Crippen LogP contribution in [0.3, 0.4) is 0 Å². The highest BCUT2D eigenvalue weighted by Crippen LogP contribution is 2.16. The Morgan fingerprint density at radius 3 is 2.59 bits per heavy atom. The number of amides is 2. The number of carbonyl (C=O) groups is 2. The molecule has 0 fully saturated rings. The standard InChI is InChI=1S/C20H20N4O3/c1-27-15-6-4-5-13(11-15)9-10-14-12-18(24-23-14)22-20(26)17-8-3-2-7-16(17)19(21)25/h2-8,11-12H,9-10H2,1H3,(H2,21,25)(H2,22,23,24,26). The molecule has 0 aliphatic rings. The van der Waals surface area contributed by atoms with E-state index in [2.05, 4.69) is 15.5 Å². The predicted molar refractivity (Wildman–Crippen MR) is 102 cm³/mol. The van der Waals surface area contributed by atoms with Crippen LogP contribution in [0.2, 0.25) is 0 Å². The van der Waals surface area contributed by atoms with E-state index in [-0.39, 0.29) is 11.1 Å². The maximum absolute atomic E-state index is 12.4. The SMILES string of the molecule is COc1cccc(CCc2cc(NC(=O)c3ccccc3C(N)=O)n[nH]2)c1. The number of aromatic nitrogens is 2. The molecule has 2 amide bonds. The molecule has 2 aromatic carbocycles. The van der Waals surface area contributed by atoms with Crippen LogP contribution in [0, 0.1) is 0 Å². The molecule has 0 saturated carbocycles. The number of methoxy groups -OCH3 is 1. The number of hydrogen-bond donors (Lipinski definition) is 3. The van der Waals surface area contributed by atoms with Crippen molar-refractivity contribution in [2.24, 2.45) is 5.73 Å². The number of ether oxygens (including phenoxy) is 1. The molecule has 7 heteroatoms. The number of carbonyl (C=O) groups excluding carboxylic acids is 2. The number of H-pyrrole nitrogens is 1. The summed E-state index contributed by atoms with van der Waals surface area (Å²) in [4.78, 5) is 23.9. The van der Waals surface area contributed by atoms with E-state index in [4.69, 9.17) is 10.5 Å². The van der Waals surface area contributed by atoms with Gasteiger partial charge in [-0.25, -0.2) is 0 Å². The molecule has 7 nitrogen and oxygen atoms in total. The Morgan fingerprint density at radius 1 is 1.07 bits per heavy atom. The Bertz CT molecular complexity index is 965. The Labute approximate surface area is 156 Å². The Kier molecular flexibility index (Phi) is 5.51. The number of anilines is 1. The molecule has 0 unspecified atom stereocenters. The lowest BCUT2D eigenvalue weighted by Crippen LogP contribution is -2.20. The third-order valence-electron chi connectivity index (χ3n) is 4.13. The zero-order valence-electron chi connectivity index (χ0n) is 14.9. The fraction of sp³-hybridized carbons (Fsp3) is 0.150. The lowest BCUT2D eigenvalue weighted by Gasteiger charge is -2.05. The van der Waals surface area contributed by atoms with E-state index in [0.29, 0.717) is 5.82 Å². The number of rotatable bonds is 7. The van der Waals surface area contributed by atoms with Gasteiger partial charge in [-0.3, -0.25) is 14.7 Å². The van der Waals surface area contributed by atoms with Crippen molar-refractivity contribution in [2.45, 2.75) is 12.8 Å². The van der Waals surface area contributed by atoms with Gasteiger partial charge in [-0.05, 0) is 42.7 Å². The van der Waals surface area contributed by atoms with Gasteiger partial charge < -0.3 is 15.8 Å². The first-order valence-electron chi connectivity index (χ1n) is 8.44. The number of hydrogen-bond acceptors (Lipinski definition) is 4. The molecule has 1 aromatic heterocycles. The summed E-state index contributed by atoms with van der Waals surface area (Å²) in [7, 11) is 1.64. The molecular formula is C20H20N4O3. The third-order valence-corrected chi connectivity index (χ3v) is 4.13. The molecule has 0 saturated heterocycles. The van der Waals surface area contributed by atoms with Crippen molar-refractivity contribution < 1.29 is 14.3 Å². The van der Waals surface area contributed by atoms with Crippen LogP contribution in [-0.4, -0.2) is 29.1 Å². The van der Waals surface area contributed by atoms with E-state index >= 15 is 0 Å². The fourth-order valence-corrected chi connectivity index (χ4v) is 2.74. The molecule has 3 aromatic rings. The molecule has 0 aliphatic carbocycles. The van der Waals surface area contributed by atoms with Crippen LogP contribution < -0.4 is 15.8 Å². The first-order valence-corrected chi connectivity index (χ1v) is 8.44. The number of primary amides is 1. The van der Waals surface area contributed by atoms with Crippen LogP contribution in [0.4, 0.5) is 5.82 Å². The second kappa shape index (κ2) is 8.18. The maximum atomic E-state index is 12.4. The summed E-state index contributed by atoms with van der Waals surface area (Å²) >= 11 is 0. The number of nitrogens with two attached hydrogens (primary N) is 1. The maximum Gasteiger partial charge on any atom is 0.257 e. The van der Waals surface area contributed by atoms with Crippen LogP contribution >= 0.6 is 0 Å². The van der Waals surface area contributed by atoms with Gasteiger partial charge in [0.2, 0.25) is 5.91 Å². The number of nitrogens with zero attached hydrogens (tertiary/aromatic N) is 1. The summed E-state index contributed by atoms with van der Waals surface area (Å²) in [6.07, 6.45) is 1.53. The number of nitrogens with one attached hydrogen (secondary N) is 2. The first kappa shape index (κ1) is 18.2. The van der Waals surface area contributed by atoms with E-state index in [0.717, 1.165) is 29.8 Å². The summed E-state index contributed by atoms with van der Waals surface area (Å²) in [6, 6.07) is 16.0. The van der Waals surface area contributed by atoms with E-state index in [1.54, 1.807) is 31.4 Å². The fourth-order valence-electron chi connectivity index (χ4n) is 2.74. The Balaban J connectivity index is 1.64. The molecule has 0 aliphatic heterocycles. The highest BCUT2D eigenvalue weighted by molar-refractivity contribution is 6.11. The summed E-state index contributed by atoms with van der Waals surface area (Å²) in [6.45, 7) is 0. The second-order valence-corrected chi connectivity index (χ2v) is 5.99. The normalized spacial score (nSPS) is 10.4. The van der Waals surface area contributed by atoms with Gasteiger partial charge in [-0.1, -0.05) is 24.3 Å². The molecule has 27 heavy (non-hydrogen) atoms. The van der Waals surface area contributed by atoms with Crippen LogP contribution in [0.1, 0.15) is 32.0 Å².